The number of halogens is 2. The number of carbonyl (C=O) groups excluding carboxylic acids is 1. The summed E-state index contributed by atoms with van der Waals surface area (Å²) in [5, 5.41) is 2.81. The van der Waals surface area contributed by atoms with Crippen LogP contribution in [0.2, 0.25) is 0 Å². The lowest BCUT2D eigenvalue weighted by Gasteiger charge is -2.23. The summed E-state index contributed by atoms with van der Waals surface area (Å²) in [5.41, 5.74) is 11.2. The summed E-state index contributed by atoms with van der Waals surface area (Å²) in [6, 6.07) is 1.29. The number of likely N-dealkylation sites (tertiary alicyclic amines) is 1. The van der Waals surface area contributed by atoms with Crippen molar-refractivity contribution in [1.29, 1.82) is 0 Å². The third-order valence-corrected chi connectivity index (χ3v) is 6.42. The van der Waals surface area contributed by atoms with Gasteiger partial charge >= 0.3 is 0 Å². The predicted octanol–water partition coefficient (Wildman–Crippen LogP) is -0.126. The first-order chi connectivity index (χ1) is 12.0. The second kappa shape index (κ2) is 8.69. The van der Waals surface area contributed by atoms with Gasteiger partial charge in [0.2, 0.25) is 0 Å². The van der Waals surface area contributed by atoms with Crippen molar-refractivity contribution in [3.63, 3.8) is 0 Å². The molecule has 1 fully saturated rings. The minimum absolute atomic E-state index is 0.0458. The fourth-order valence-electron chi connectivity index (χ4n) is 2.81. The van der Waals surface area contributed by atoms with Crippen LogP contribution in [0.5, 0.6) is 0 Å². The lowest BCUT2D eigenvalue weighted by molar-refractivity contribution is 0.0936. The molecule has 10 nitrogen and oxygen atoms in total. The molecule has 1 saturated heterocycles. The van der Waals surface area contributed by atoms with E-state index in [1.54, 1.807) is 6.07 Å². The third kappa shape index (κ3) is 6.23. The average molecular weight is 516 g/mol. The predicted molar refractivity (Wildman–Crippen MR) is 105 cm³/mol. The summed E-state index contributed by atoms with van der Waals surface area (Å²) in [7, 11) is -4.08. The Kier molecular flexibility index (Phi) is 7.07. The molecule has 0 aromatic carbocycles. The maximum Gasteiger partial charge on any atom is 0.267 e. The molecule has 1 aliphatic rings. The molecule has 1 aromatic heterocycles. The second-order valence-electron chi connectivity index (χ2n) is 5.93. The van der Waals surface area contributed by atoms with E-state index in [1.165, 1.54) is 0 Å². The first-order valence-corrected chi connectivity index (χ1v) is 10.8. The van der Waals surface area contributed by atoms with Gasteiger partial charge in [-0.3, -0.25) is 14.2 Å². The second-order valence-corrected chi connectivity index (χ2v) is 9.15. The topological polar surface area (TPSA) is 167 Å². The van der Waals surface area contributed by atoms with Crippen LogP contribution in [0.25, 0.3) is 0 Å². The summed E-state index contributed by atoms with van der Waals surface area (Å²) in [6.45, 7) is 0.845. The van der Waals surface area contributed by atoms with E-state index in [0.29, 0.717) is 23.3 Å². The Bertz CT molecular complexity index is 773. The van der Waals surface area contributed by atoms with Crippen molar-refractivity contribution in [3.8, 4) is 0 Å². The zero-order valence-electron chi connectivity index (χ0n) is 13.7. The number of rotatable bonds is 7. The summed E-state index contributed by atoms with van der Waals surface area (Å²) in [6.07, 6.45) is 0.557. The number of amides is 1. The number of aromatic nitrogens is 1. The number of nitrogens with one attached hydrogen (secondary N) is 2. The van der Waals surface area contributed by atoms with Crippen molar-refractivity contribution in [3.05, 3.63) is 20.8 Å². The van der Waals surface area contributed by atoms with Gasteiger partial charge in [0.25, 0.3) is 16.0 Å². The monoisotopic (exact) mass is 514 g/mol. The number of aromatic amines is 1. The first-order valence-electron chi connectivity index (χ1n) is 7.65. The maximum atomic E-state index is 12.2. The maximum absolute atomic E-state index is 12.2. The number of hydrogen-bond acceptors (Lipinski definition) is 5. The summed E-state index contributed by atoms with van der Waals surface area (Å²) in [4.78, 5) is 21.1. The van der Waals surface area contributed by atoms with Crippen molar-refractivity contribution in [2.75, 3.05) is 25.4 Å². The highest BCUT2D eigenvalue weighted by Gasteiger charge is 2.32. The van der Waals surface area contributed by atoms with Gasteiger partial charge in [-0.2, -0.15) is 8.42 Å². The number of aliphatic imine (C=N–C) groups is 1. The summed E-state index contributed by atoms with van der Waals surface area (Å²) < 4.78 is 32.4. The van der Waals surface area contributed by atoms with E-state index in [0.717, 1.165) is 4.47 Å². The molecule has 146 valence electrons. The molecule has 13 heteroatoms. The normalized spacial score (nSPS) is 20.9. The molecule has 0 bridgehead atoms. The molecule has 2 atom stereocenters. The van der Waals surface area contributed by atoms with Gasteiger partial charge in [-0.1, -0.05) is 0 Å². The van der Waals surface area contributed by atoms with E-state index in [4.69, 9.17) is 16.0 Å². The molecule has 0 spiro atoms. The molecule has 0 unspecified atom stereocenters. The van der Waals surface area contributed by atoms with Crippen molar-refractivity contribution in [1.82, 2.24) is 15.2 Å². The molecule has 1 aliphatic heterocycles. The van der Waals surface area contributed by atoms with E-state index in [2.05, 4.69) is 47.2 Å². The van der Waals surface area contributed by atoms with Crippen LogP contribution in [-0.4, -0.2) is 72.2 Å². The smallest absolute Gasteiger partial charge is 0.267 e. The van der Waals surface area contributed by atoms with E-state index in [1.807, 2.05) is 4.90 Å². The first kappa shape index (κ1) is 21.2. The average Bonchev–Trinajstić information content (AvgIpc) is 3.05. The molecule has 2 heterocycles. The molecular formula is C13H20Br2N6O4S. The number of nitrogens with zero attached hydrogens (tertiary/aromatic N) is 2. The zero-order valence-corrected chi connectivity index (χ0v) is 17.6. The fourth-order valence-corrected chi connectivity index (χ4v) is 3.93. The Balaban J connectivity index is 2.00. The third-order valence-electron chi connectivity index (χ3n) is 3.94. The van der Waals surface area contributed by atoms with E-state index in [9.17, 15) is 13.2 Å². The molecule has 2 rings (SSSR count). The van der Waals surface area contributed by atoms with Gasteiger partial charge in [0.05, 0.1) is 20.9 Å². The number of nitrogens with two attached hydrogens (primary N) is 2. The van der Waals surface area contributed by atoms with Gasteiger partial charge in [-0.05, 0) is 44.3 Å². The molecule has 7 N–H and O–H groups in total. The van der Waals surface area contributed by atoms with Crippen LogP contribution in [0.3, 0.4) is 0 Å². The van der Waals surface area contributed by atoms with Crippen LogP contribution in [0.15, 0.2) is 20.1 Å². The van der Waals surface area contributed by atoms with Gasteiger partial charge in [0.15, 0.2) is 5.96 Å². The van der Waals surface area contributed by atoms with Crippen LogP contribution in [0.1, 0.15) is 16.9 Å². The molecule has 0 saturated carbocycles. The Hall–Kier alpha value is -1.15. The van der Waals surface area contributed by atoms with E-state index < -0.39 is 15.9 Å². The van der Waals surface area contributed by atoms with Crippen molar-refractivity contribution < 1.29 is 17.8 Å². The number of H-pyrrole nitrogens is 1. The molecule has 1 amide bonds. The molecular weight excluding hydrogens is 496 g/mol. The quantitative estimate of drug-likeness (QED) is 0.191. The SMILES string of the molecule is NC(N)=N[C@@H]1C[C@H](CNC(=O)c2cc(Br)c(Br)[nH]2)N(CCS(=O)(=O)O)C1. The Morgan fingerprint density at radius 2 is 2.15 bits per heavy atom. The van der Waals surface area contributed by atoms with Gasteiger partial charge < -0.3 is 21.8 Å². The zero-order chi connectivity index (χ0) is 19.5. The summed E-state index contributed by atoms with van der Waals surface area (Å²) >= 11 is 6.57. The highest BCUT2D eigenvalue weighted by molar-refractivity contribution is 9.13. The fraction of sp³-hybridized carbons (Fsp3) is 0.538. The molecule has 0 aliphatic carbocycles. The number of carbonyl (C=O) groups is 1. The lowest BCUT2D eigenvalue weighted by Crippen LogP contribution is -2.42. The van der Waals surface area contributed by atoms with Crippen LogP contribution in [0, 0.1) is 0 Å². The Morgan fingerprint density at radius 1 is 1.46 bits per heavy atom. The van der Waals surface area contributed by atoms with Crippen molar-refractivity contribution in [2.45, 2.75) is 18.5 Å². The lowest BCUT2D eigenvalue weighted by atomic mass is 10.1. The van der Waals surface area contributed by atoms with E-state index in [-0.39, 0.29) is 37.0 Å². The van der Waals surface area contributed by atoms with Gasteiger partial charge in [-0.25, -0.2) is 4.99 Å². The van der Waals surface area contributed by atoms with Crippen LogP contribution in [0.4, 0.5) is 0 Å². The van der Waals surface area contributed by atoms with Gasteiger partial charge in [0, 0.05) is 25.7 Å². The molecule has 1 aromatic rings. The Morgan fingerprint density at radius 3 is 2.69 bits per heavy atom. The highest BCUT2D eigenvalue weighted by Crippen LogP contribution is 2.23. The molecule has 0 radical (unpaired) electrons. The van der Waals surface area contributed by atoms with Crippen molar-refractivity contribution in [2.24, 2.45) is 16.5 Å². The van der Waals surface area contributed by atoms with Gasteiger partial charge in [-0.15, -0.1) is 0 Å². The minimum atomic E-state index is -4.08. The van der Waals surface area contributed by atoms with Crippen molar-refractivity contribution >= 4 is 53.8 Å². The standard InChI is InChI=1S/C13H20Br2N6O4S/c14-9-4-10(20-11(9)15)12(22)18-5-8-3-7(19-13(16)17)6-21(8)1-2-26(23,24)25/h4,7-8,20H,1-3,5-6H2,(H,18,22)(H4,16,17,19)(H,23,24,25)/t7-,8-/m1/s1. The number of guanidine groups is 1. The van der Waals surface area contributed by atoms with E-state index >= 15 is 0 Å². The summed E-state index contributed by atoms with van der Waals surface area (Å²) in [5.74, 6) is -0.741. The van der Waals surface area contributed by atoms with Gasteiger partial charge in [0.1, 0.15) is 5.69 Å². The van der Waals surface area contributed by atoms with Crippen LogP contribution < -0.4 is 16.8 Å². The Labute approximate surface area is 167 Å². The number of hydrogen-bond donors (Lipinski definition) is 5. The highest BCUT2D eigenvalue weighted by atomic mass is 79.9. The largest absolute Gasteiger partial charge is 0.370 e. The van der Waals surface area contributed by atoms with Crippen LogP contribution >= 0.6 is 31.9 Å². The molecule has 26 heavy (non-hydrogen) atoms. The van der Waals surface area contributed by atoms with Crippen LogP contribution in [-0.2, 0) is 10.1 Å². The minimum Gasteiger partial charge on any atom is -0.370 e.